The number of nitrogens with one attached hydrogen (secondary N) is 1. The molecule has 0 aliphatic heterocycles. The molecule has 2 aliphatic carbocycles. The molecule has 0 bridgehead atoms. The third-order valence-corrected chi connectivity index (χ3v) is 3.06. The number of carbonyl (C=O) groups excluding carboxylic acids is 1. The van der Waals surface area contributed by atoms with Crippen molar-refractivity contribution in [3.8, 4) is 0 Å². The first-order valence-corrected chi connectivity index (χ1v) is 5.76. The summed E-state index contributed by atoms with van der Waals surface area (Å²) in [4.78, 5) is 11.8. The van der Waals surface area contributed by atoms with Crippen molar-refractivity contribution in [1.82, 2.24) is 15.1 Å². The predicted octanol–water partition coefficient (Wildman–Crippen LogP) is 1.37. The number of hydrogen-bond donors (Lipinski definition) is 2. The quantitative estimate of drug-likeness (QED) is 0.770. The van der Waals surface area contributed by atoms with Crippen LogP contribution in [-0.4, -0.2) is 15.7 Å². The van der Waals surface area contributed by atoms with Gasteiger partial charge in [0.2, 0.25) is 0 Å². The van der Waals surface area contributed by atoms with Crippen LogP contribution in [0.3, 0.4) is 0 Å². The van der Waals surface area contributed by atoms with Crippen molar-refractivity contribution >= 4 is 11.7 Å². The highest BCUT2D eigenvalue weighted by Crippen LogP contribution is 2.26. The third-order valence-electron chi connectivity index (χ3n) is 3.06. The van der Waals surface area contributed by atoms with Gasteiger partial charge in [-0.15, -0.1) is 0 Å². The number of anilines is 1. The van der Waals surface area contributed by atoms with Gasteiger partial charge in [0.25, 0.3) is 5.91 Å². The van der Waals surface area contributed by atoms with Crippen molar-refractivity contribution in [2.45, 2.75) is 25.3 Å². The molecule has 0 spiro atoms. The van der Waals surface area contributed by atoms with Gasteiger partial charge in [-0.25, -0.2) is 4.68 Å². The molecule has 1 amide bonds. The lowest BCUT2D eigenvalue weighted by Crippen LogP contribution is -2.20. The molecule has 3 N–H and O–H groups in total. The summed E-state index contributed by atoms with van der Waals surface area (Å²) in [6.07, 6.45) is 10.6. The standard InChI is InChI=1S/C12H14N4O/c13-11-10(12(17)15-8-5-6-8)7-14-16(11)9-3-1-2-4-9/h1,3,5,7,9H,2,4,6,13H2,(H,15,17). The van der Waals surface area contributed by atoms with E-state index in [2.05, 4.69) is 22.6 Å². The number of amides is 1. The zero-order valence-corrected chi connectivity index (χ0v) is 9.39. The van der Waals surface area contributed by atoms with E-state index >= 15 is 0 Å². The van der Waals surface area contributed by atoms with Gasteiger partial charge < -0.3 is 11.1 Å². The molecule has 0 fully saturated rings. The van der Waals surface area contributed by atoms with Gasteiger partial charge in [0.1, 0.15) is 11.4 Å². The number of hydrogen-bond acceptors (Lipinski definition) is 3. The molecule has 17 heavy (non-hydrogen) atoms. The molecule has 5 nitrogen and oxygen atoms in total. The number of nitrogen functional groups attached to an aromatic ring is 1. The van der Waals surface area contributed by atoms with Crippen LogP contribution in [-0.2, 0) is 0 Å². The smallest absolute Gasteiger partial charge is 0.260 e. The third kappa shape index (κ3) is 1.84. The Balaban J connectivity index is 1.83. The molecule has 5 heteroatoms. The van der Waals surface area contributed by atoms with Gasteiger partial charge in [0, 0.05) is 12.1 Å². The summed E-state index contributed by atoms with van der Waals surface area (Å²) in [5.74, 6) is 0.278. The van der Waals surface area contributed by atoms with Crippen molar-refractivity contribution in [3.63, 3.8) is 0 Å². The molecule has 1 atom stereocenters. The van der Waals surface area contributed by atoms with Crippen LogP contribution in [0.4, 0.5) is 5.82 Å². The Hall–Kier alpha value is -2.04. The molecule has 1 heterocycles. The van der Waals surface area contributed by atoms with Gasteiger partial charge in [-0.05, 0) is 12.8 Å². The van der Waals surface area contributed by atoms with Crippen LogP contribution < -0.4 is 11.1 Å². The van der Waals surface area contributed by atoms with Gasteiger partial charge in [-0.3, -0.25) is 4.79 Å². The van der Waals surface area contributed by atoms with E-state index in [-0.39, 0.29) is 11.9 Å². The molecule has 3 rings (SSSR count). The number of allylic oxidation sites excluding steroid dienone is 4. The van der Waals surface area contributed by atoms with Crippen LogP contribution in [0.15, 0.2) is 30.1 Å². The fourth-order valence-electron chi connectivity index (χ4n) is 2.00. The monoisotopic (exact) mass is 230 g/mol. The fourth-order valence-corrected chi connectivity index (χ4v) is 2.00. The van der Waals surface area contributed by atoms with Crippen LogP contribution in [0.5, 0.6) is 0 Å². The Morgan fingerprint density at radius 1 is 1.59 bits per heavy atom. The number of nitrogens with two attached hydrogens (primary N) is 1. The highest BCUT2D eigenvalue weighted by atomic mass is 16.1. The fraction of sp³-hybridized carbons (Fsp3) is 0.333. The molecule has 2 aliphatic rings. The maximum Gasteiger partial charge on any atom is 0.260 e. The highest BCUT2D eigenvalue weighted by molar-refractivity contribution is 5.99. The minimum atomic E-state index is -0.167. The molecule has 0 saturated heterocycles. The van der Waals surface area contributed by atoms with Crippen LogP contribution in [0.1, 0.15) is 35.7 Å². The average Bonchev–Trinajstić information content (AvgIpc) is 2.81. The SMILES string of the molecule is Nc1c(C(=O)NC2=CC2)cnn1C1C=CCC1. The Morgan fingerprint density at radius 3 is 3.06 bits per heavy atom. The number of nitrogens with zero attached hydrogens (tertiary/aromatic N) is 2. The van der Waals surface area contributed by atoms with Crippen molar-refractivity contribution in [1.29, 1.82) is 0 Å². The summed E-state index contributed by atoms with van der Waals surface area (Å²) in [7, 11) is 0. The molecule has 1 aromatic heterocycles. The van der Waals surface area contributed by atoms with Crippen molar-refractivity contribution in [2.24, 2.45) is 0 Å². The number of rotatable bonds is 3. The molecular formula is C12H14N4O. The zero-order chi connectivity index (χ0) is 11.8. The van der Waals surface area contributed by atoms with Gasteiger partial charge in [-0.1, -0.05) is 18.2 Å². The first-order chi connectivity index (χ1) is 8.25. The van der Waals surface area contributed by atoms with E-state index in [0.717, 1.165) is 25.0 Å². The Kier molecular flexibility index (Phi) is 2.24. The lowest BCUT2D eigenvalue weighted by atomic mass is 10.2. The molecule has 0 saturated carbocycles. The van der Waals surface area contributed by atoms with Crippen LogP contribution in [0.25, 0.3) is 0 Å². The highest BCUT2D eigenvalue weighted by Gasteiger charge is 2.22. The van der Waals surface area contributed by atoms with Crippen LogP contribution in [0, 0.1) is 0 Å². The van der Waals surface area contributed by atoms with Gasteiger partial charge in [0.05, 0.1) is 12.2 Å². The second-order valence-corrected chi connectivity index (χ2v) is 4.35. The summed E-state index contributed by atoms with van der Waals surface area (Å²) < 4.78 is 1.72. The van der Waals surface area contributed by atoms with E-state index in [1.54, 1.807) is 10.9 Å². The summed E-state index contributed by atoms with van der Waals surface area (Å²) >= 11 is 0. The van der Waals surface area contributed by atoms with E-state index in [1.165, 1.54) is 0 Å². The van der Waals surface area contributed by atoms with Crippen molar-refractivity contribution in [3.05, 3.63) is 35.7 Å². The second kappa shape index (κ2) is 3.76. The minimum Gasteiger partial charge on any atom is -0.383 e. The van der Waals surface area contributed by atoms with E-state index < -0.39 is 0 Å². The van der Waals surface area contributed by atoms with Crippen molar-refractivity contribution < 1.29 is 4.79 Å². The molecular weight excluding hydrogens is 216 g/mol. The number of aromatic nitrogens is 2. The molecule has 1 aromatic rings. The van der Waals surface area contributed by atoms with Crippen molar-refractivity contribution in [2.75, 3.05) is 5.73 Å². The Labute approximate surface area is 99.0 Å². The minimum absolute atomic E-state index is 0.167. The lowest BCUT2D eigenvalue weighted by Gasteiger charge is -2.10. The normalized spacial score (nSPS) is 21.4. The second-order valence-electron chi connectivity index (χ2n) is 4.35. The molecule has 0 aromatic carbocycles. The first kappa shape index (κ1) is 10.1. The van der Waals surface area contributed by atoms with Crippen LogP contribution in [0.2, 0.25) is 0 Å². The predicted molar refractivity (Wildman–Crippen MR) is 64.2 cm³/mol. The summed E-state index contributed by atoms with van der Waals surface area (Å²) in [5, 5.41) is 6.99. The van der Waals surface area contributed by atoms with Gasteiger partial charge in [-0.2, -0.15) is 5.10 Å². The zero-order valence-electron chi connectivity index (χ0n) is 9.39. The van der Waals surface area contributed by atoms with Crippen LogP contribution >= 0.6 is 0 Å². The topological polar surface area (TPSA) is 72.9 Å². The summed E-state index contributed by atoms with van der Waals surface area (Å²) in [5.41, 5.74) is 7.38. The van der Waals surface area contributed by atoms with E-state index in [1.807, 2.05) is 6.08 Å². The van der Waals surface area contributed by atoms with E-state index in [9.17, 15) is 4.79 Å². The lowest BCUT2D eigenvalue weighted by molar-refractivity contribution is 0.0968. The van der Waals surface area contributed by atoms with Gasteiger partial charge in [0.15, 0.2) is 0 Å². The van der Waals surface area contributed by atoms with E-state index in [0.29, 0.717) is 11.4 Å². The Bertz CT molecular complexity index is 527. The van der Waals surface area contributed by atoms with E-state index in [4.69, 9.17) is 5.73 Å². The summed E-state index contributed by atoms with van der Waals surface area (Å²) in [6, 6.07) is 0.191. The molecule has 1 unspecified atom stereocenters. The summed E-state index contributed by atoms with van der Waals surface area (Å²) in [6.45, 7) is 0. The largest absolute Gasteiger partial charge is 0.383 e. The molecule has 0 radical (unpaired) electrons. The number of carbonyl (C=O) groups is 1. The molecule has 88 valence electrons. The first-order valence-electron chi connectivity index (χ1n) is 5.76. The maximum atomic E-state index is 11.8. The maximum absolute atomic E-state index is 11.8. The van der Waals surface area contributed by atoms with Gasteiger partial charge >= 0.3 is 0 Å². The average molecular weight is 230 g/mol. The Morgan fingerprint density at radius 2 is 2.41 bits per heavy atom.